The van der Waals surface area contributed by atoms with Crippen molar-refractivity contribution in [3.63, 3.8) is 0 Å². The number of thioether (sulfide) groups is 1. The fraction of sp³-hybridized carbons (Fsp3) is 0.262. The van der Waals surface area contributed by atoms with Crippen LogP contribution in [0.3, 0.4) is 0 Å². The number of nitrogens with one attached hydrogen (secondary N) is 2. The Morgan fingerprint density at radius 2 is 1.56 bits per heavy atom. The number of hydrogen-bond acceptors (Lipinski definition) is 8. The quantitative estimate of drug-likeness (QED) is 0.0852. The number of benzene rings is 4. The SMILES string of the molecule is COC(=O)C(Cc1ccccc1)NC(=O)NCc1ccccc1-c1ccc(C2OC(CSc3ccccn3)C(C)C(c3ccc(CO)cc3)O2)cc1. The lowest BCUT2D eigenvalue weighted by Crippen LogP contribution is -2.47. The van der Waals surface area contributed by atoms with E-state index in [-0.39, 0.29) is 31.3 Å². The summed E-state index contributed by atoms with van der Waals surface area (Å²) in [5.74, 6) is 0.260. The first-order valence-electron chi connectivity index (χ1n) is 17.3. The third-order valence-electron chi connectivity index (χ3n) is 9.18. The molecule has 9 nitrogen and oxygen atoms in total. The Morgan fingerprint density at radius 3 is 2.27 bits per heavy atom. The number of carbonyl (C=O) groups excluding carboxylic acids is 2. The molecule has 1 aliphatic rings. The predicted octanol–water partition coefficient (Wildman–Crippen LogP) is 7.41. The second-order valence-electron chi connectivity index (χ2n) is 12.7. The van der Waals surface area contributed by atoms with Gasteiger partial charge in [-0.1, -0.05) is 116 Å². The summed E-state index contributed by atoms with van der Waals surface area (Å²) in [4.78, 5) is 29.9. The summed E-state index contributed by atoms with van der Waals surface area (Å²) in [5.41, 5.74) is 6.54. The molecule has 10 heteroatoms. The van der Waals surface area contributed by atoms with Crippen molar-refractivity contribution in [2.24, 2.45) is 5.92 Å². The van der Waals surface area contributed by atoms with Gasteiger partial charge in [0, 0.05) is 36.4 Å². The van der Waals surface area contributed by atoms with Gasteiger partial charge in [-0.25, -0.2) is 14.6 Å². The van der Waals surface area contributed by atoms with E-state index in [0.29, 0.717) is 12.2 Å². The summed E-state index contributed by atoms with van der Waals surface area (Å²) in [6.45, 7) is 2.39. The topological polar surface area (TPSA) is 119 Å². The van der Waals surface area contributed by atoms with Crippen LogP contribution in [-0.2, 0) is 38.6 Å². The number of rotatable bonds is 13. The van der Waals surface area contributed by atoms with Gasteiger partial charge >= 0.3 is 12.0 Å². The van der Waals surface area contributed by atoms with Crippen LogP contribution in [0.2, 0.25) is 0 Å². The number of carbonyl (C=O) groups is 2. The van der Waals surface area contributed by atoms with Crippen LogP contribution >= 0.6 is 11.8 Å². The van der Waals surface area contributed by atoms with Gasteiger partial charge < -0.3 is 30.0 Å². The maximum Gasteiger partial charge on any atom is 0.328 e. The first kappa shape index (κ1) is 36.8. The van der Waals surface area contributed by atoms with Gasteiger partial charge in [0.25, 0.3) is 0 Å². The Labute approximate surface area is 308 Å². The second-order valence-corrected chi connectivity index (χ2v) is 13.7. The van der Waals surface area contributed by atoms with Gasteiger partial charge in [-0.05, 0) is 45.5 Å². The average Bonchev–Trinajstić information content (AvgIpc) is 3.20. The first-order chi connectivity index (χ1) is 25.4. The van der Waals surface area contributed by atoms with Crippen LogP contribution in [0.5, 0.6) is 0 Å². The van der Waals surface area contributed by atoms with Crippen molar-refractivity contribution in [3.05, 3.63) is 155 Å². The van der Waals surface area contributed by atoms with E-state index in [9.17, 15) is 14.7 Å². The molecule has 0 radical (unpaired) electrons. The van der Waals surface area contributed by atoms with E-state index >= 15 is 0 Å². The minimum atomic E-state index is -0.824. The lowest BCUT2D eigenvalue weighted by Gasteiger charge is -2.41. The predicted molar refractivity (Wildman–Crippen MR) is 201 cm³/mol. The largest absolute Gasteiger partial charge is 0.467 e. The zero-order valence-electron chi connectivity index (χ0n) is 29.2. The van der Waals surface area contributed by atoms with Gasteiger partial charge in [-0.2, -0.15) is 0 Å². The molecule has 1 aliphatic heterocycles. The summed E-state index contributed by atoms with van der Waals surface area (Å²) in [6.07, 6.45) is 1.18. The van der Waals surface area contributed by atoms with Crippen LogP contribution in [0, 0.1) is 5.92 Å². The second kappa shape index (κ2) is 18.0. The third-order valence-corrected chi connectivity index (χ3v) is 10.2. The molecule has 4 aromatic carbocycles. The van der Waals surface area contributed by atoms with E-state index in [1.807, 2.05) is 121 Å². The highest BCUT2D eigenvalue weighted by atomic mass is 32.2. The fourth-order valence-corrected chi connectivity index (χ4v) is 7.28. The number of pyridine rings is 1. The van der Waals surface area contributed by atoms with Crippen LogP contribution in [-0.4, -0.2) is 47.1 Å². The molecular weight excluding hydrogens is 675 g/mol. The number of aliphatic hydroxyl groups is 1. The summed E-state index contributed by atoms with van der Waals surface area (Å²) >= 11 is 1.66. The monoisotopic (exact) mass is 717 g/mol. The van der Waals surface area contributed by atoms with Crippen molar-refractivity contribution in [2.75, 3.05) is 12.9 Å². The highest BCUT2D eigenvalue weighted by molar-refractivity contribution is 7.99. The minimum absolute atomic E-state index is 0.0141. The highest BCUT2D eigenvalue weighted by Crippen LogP contribution is 2.43. The molecule has 0 saturated carbocycles. The molecule has 6 rings (SSSR count). The molecule has 52 heavy (non-hydrogen) atoms. The van der Waals surface area contributed by atoms with Crippen molar-refractivity contribution in [1.29, 1.82) is 0 Å². The molecule has 1 saturated heterocycles. The number of aromatic nitrogens is 1. The number of ether oxygens (including phenoxy) is 3. The molecule has 2 amide bonds. The number of hydrogen-bond donors (Lipinski definition) is 3. The van der Waals surface area contributed by atoms with Crippen LogP contribution in [0.4, 0.5) is 4.79 Å². The fourth-order valence-electron chi connectivity index (χ4n) is 6.26. The summed E-state index contributed by atoms with van der Waals surface area (Å²) in [7, 11) is 1.31. The summed E-state index contributed by atoms with van der Waals surface area (Å²) in [5, 5.41) is 16.2. The van der Waals surface area contributed by atoms with E-state index in [0.717, 1.165) is 44.0 Å². The van der Waals surface area contributed by atoms with Crippen LogP contribution in [0.1, 0.15) is 47.1 Å². The number of aliphatic hydroxyl groups excluding tert-OH is 1. The summed E-state index contributed by atoms with van der Waals surface area (Å²) < 4.78 is 18.2. The van der Waals surface area contributed by atoms with Crippen molar-refractivity contribution >= 4 is 23.8 Å². The average molecular weight is 718 g/mol. The number of nitrogens with zero attached hydrogens (tertiary/aromatic N) is 1. The Hall–Kier alpha value is -5.00. The van der Waals surface area contributed by atoms with Crippen molar-refractivity contribution in [2.45, 2.75) is 56.1 Å². The number of methoxy groups -OCH3 is 1. The summed E-state index contributed by atoms with van der Waals surface area (Å²) in [6, 6.07) is 38.0. The first-order valence-corrected chi connectivity index (χ1v) is 18.3. The van der Waals surface area contributed by atoms with Gasteiger partial charge in [0.1, 0.15) is 6.04 Å². The van der Waals surface area contributed by atoms with E-state index < -0.39 is 24.3 Å². The molecule has 1 aromatic heterocycles. The smallest absolute Gasteiger partial charge is 0.328 e. The van der Waals surface area contributed by atoms with Crippen LogP contribution in [0.25, 0.3) is 11.1 Å². The highest BCUT2D eigenvalue weighted by Gasteiger charge is 2.38. The molecule has 0 bridgehead atoms. The van der Waals surface area contributed by atoms with Crippen molar-refractivity contribution < 1.29 is 28.9 Å². The zero-order chi connectivity index (χ0) is 36.3. The molecule has 5 unspecified atom stereocenters. The molecule has 2 heterocycles. The Kier molecular flexibility index (Phi) is 12.7. The lowest BCUT2D eigenvalue weighted by atomic mass is 9.91. The third kappa shape index (κ3) is 9.45. The molecule has 268 valence electrons. The van der Waals surface area contributed by atoms with Crippen LogP contribution in [0.15, 0.2) is 133 Å². The maximum atomic E-state index is 13.0. The van der Waals surface area contributed by atoms with E-state index in [1.165, 1.54) is 7.11 Å². The Balaban J connectivity index is 1.15. The number of esters is 1. The molecule has 0 aliphatic carbocycles. The number of amides is 2. The Bertz CT molecular complexity index is 1890. The molecule has 3 N–H and O–H groups in total. The van der Waals surface area contributed by atoms with Gasteiger partial charge in [-0.3, -0.25) is 0 Å². The van der Waals surface area contributed by atoms with E-state index in [2.05, 4.69) is 22.5 Å². The molecule has 0 spiro atoms. The maximum absolute atomic E-state index is 13.0. The van der Waals surface area contributed by atoms with Gasteiger partial charge in [0.15, 0.2) is 6.29 Å². The molecule has 1 fully saturated rings. The molecular formula is C42H43N3O6S. The van der Waals surface area contributed by atoms with E-state index in [1.54, 1.807) is 18.0 Å². The van der Waals surface area contributed by atoms with Crippen LogP contribution < -0.4 is 10.6 Å². The van der Waals surface area contributed by atoms with Crippen molar-refractivity contribution in [1.82, 2.24) is 15.6 Å². The van der Waals surface area contributed by atoms with Gasteiger partial charge in [0.05, 0.1) is 31.0 Å². The van der Waals surface area contributed by atoms with Crippen molar-refractivity contribution in [3.8, 4) is 11.1 Å². The number of urea groups is 1. The molecule has 5 aromatic rings. The normalized spacial score (nSPS) is 19.0. The Morgan fingerprint density at radius 1 is 0.846 bits per heavy atom. The van der Waals surface area contributed by atoms with Gasteiger partial charge in [0.2, 0.25) is 0 Å². The standard InChI is InChI=1S/C42H43N3O6S/c1-28-37(27-52-38-14-8-9-23-43-38)50-41(51-39(28)32-17-15-30(26-46)16-18-32)33-21-19-31(20-22-33)35-13-7-6-12-34(35)25-44-42(48)45-36(40(47)49-2)24-29-10-4-3-5-11-29/h3-23,28,36-37,39,41,46H,24-27H2,1-2H3,(H2,44,45,48). The minimum Gasteiger partial charge on any atom is -0.467 e. The van der Waals surface area contributed by atoms with Gasteiger partial charge in [-0.15, -0.1) is 11.8 Å². The molecule has 5 atom stereocenters. The van der Waals surface area contributed by atoms with E-state index in [4.69, 9.17) is 14.2 Å². The zero-order valence-corrected chi connectivity index (χ0v) is 30.0. The lowest BCUT2D eigenvalue weighted by molar-refractivity contribution is -0.268.